The van der Waals surface area contributed by atoms with Crippen LogP contribution in [0, 0.1) is 13.8 Å². The van der Waals surface area contributed by atoms with Gasteiger partial charge in [-0.1, -0.05) is 35.9 Å². The molecular weight excluding hydrogens is 234 g/mol. The number of nitrogens with zero attached hydrogens (tertiary/aromatic N) is 1. The van der Waals surface area contributed by atoms with Crippen molar-refractivity contribution in [3.05, 3.63) is 59.2 Å². The summed E-state index contributed by atoms with van der Waals surface area (Å²) in [5.74, 6) is 0.0954. The third-order valence-electron chi connectivity index (χ3n) is 3.99. The van der Waals surface area contributed by atoms with Gasteiger partial charge in [0.05, 0.1) is 11.2 Å². The standard InChI is InChI=1S/C17H13NO/c1-10-7-8-13-14(9-10)17(19)18-15-6-4-3-5-12(15)11(2)16(13)18/h3-9H,1-2H3. The zero-order valence-corrected chi connectivity index (χ0v) is 10.9. The van der Waals surface area contributed by atoms with Gasteiger partial charge in [0.15, 0.2) is 0 Å². The van der Waals surface area contributed by atoms with Crippen LogP contribution in [0.2, 0.25) is 0 Å². The predicted molar refractivity (Wildman–Crippen MR) is 76.6 cm³/mol. The van der Waals surface area contributed by atoms with Crippen molar-refractivity contribution in [3.63, 3.8) is 0 Å². The molecule has 0 N–H and O–H groups in total. The van der Waals surface area contributed by atoms with E-state index >= 15 is 0 Å². The first-order valence-corrected chi connectivity index (χ1v) is 6.44. The van der Waals surface area contributed by atoms with Crippen LogP contribution in [0.15, 0.2) is 42.5 Å². The summed E-state index contributed by atoms with van der Waals surface area (Å²) in [5, 5.41) is 1.16. The van der Waals surface area contributed by atoms with Crippen LogP contribution in [0.4, 0.5) is 0 Å². The number of fused-ring (bicyclic) bond motifs is 5. The summed E-state index contributed by atoms with van der Waals surface area (Å²) in [6.45, 7) is 4.11. The topological polar surface area (TPSA) is 22.0 Å². The molecule has 2 heterocycles. The molecule has 1 aliphatic rings. The Morgan fingerprint density at radius 2 is 1.74 bits per heavy atom. The van der Waals surface area contributed by atoms with E-state index in [9.17, 15) is 4.79 Å². The van der Waals surface area contributed by atoms with Crippen molar-refractivity contribution in [2.45, 2.75) is 13.8 Å². The van der Waals surface area contributed by atoms with Gasteiger partial charge in [-0.15, -0.1) is 0 Å². The number of hydrogen-bond acceptors (Lipinski definition) is 1. The van der Waals surface area contributed by atoms with Crippen molar-refractivity contribution in [3.8, 4) is 11.3 Å². The molecule has 0 aliphatic carbocycles. The Balaban J connectivity index is 2.20. The number of carbonyl (C=O) groups is 1. The summed E-state index contributed by atoms with van der Waals surface area (Å²) in [5.41, 5.74) is 6.26. The van der Waals surface area contributed by atoms with Crippen molar-refractivity contribution < 1.29 is 4.79 Å². The number of para-hydroxylation sites is 1. The lowest BCUT2D eigenvalue weighted by atomic mass is 10.0. The van der Waals surface area contributed by atoms with E-state index in [1.807, 2.05) is 35.8 Å². The molecule has 1 aromatic heterocycles. The molecule has 0 spiro atoms. The molecule has 2 aromatic carbocycles. The van der Waals surface area contributed by atoms with Crippen molar-refractivity contribution in [1.82, 2.24) is 4.57 Å². The third kappa shape index (κ3) is 1.18. The van der Waals surface area contributed by atoms with Gasteiger partial charge in [-0.3, -0.25) is 9.36 Å². The zero-order valence-electron chi connectivity index (χ0n) is 10.9. The molecule has 0 atom stereocenters. The van der Waals surface area contributed by atoms with E-state index in [4.69, 9.17) is 0 Å². The minimum atomic E-state index is 0.0954. The third-order valence-corrected chi connectivity index (χ3v) is 3.99. The monoisotopic (exact) mass is 247 g/mol. The Morgan fingerprint density at radius 3 is 2.58 bits per heavy atom. The fraction of sp³-hybridized carbons (Fsp3) is 0.118. The van der Waals surface area contributed by atoms with Gasteiger partial charge in [0.2, 0.25) is 0 Å². The Labute approximate surface area is 111 Å². The SMILES string of the molecule is Cc1ccc2c(c1)C(=O)n1c-2c(C)c2ccccc21. The van der Waals surface area contributed by atoms with E-state index in [1.165, 1.54) is 5.56 Å². The van der Waals surface area contributed by atoms with Crippen LogP contribution in [0.25, 0.3) is 22.2 Å². The van der Waals surface area contributed by atoms with Crippen molar-refractivity contribution in [2.24, 2.45) is 0 Å². The minimum absolute atomic E-state index is 0.0954. The molecule has 0 fully saturated rings. The maximum atomic E-state index is 12.6. The summed E-state index contributed by atoms with van der Waals surface area (Å²) < 4.78 is 1.86. The van der Waals surface area contributed by atoms with Gasteiger partial charge >= 0.3 is 0 Å². The van der Waals surface area contributed by atoms with E-state index < -0.39 is 0 Å². The highest BCUT2D eigenvalue weighted by molar-refractivity contribution is 6.15. The van der Waals surface area contributed by atoms with Crippen molar-refractivity contribution in [2.75, 3.05) is 0 Å². The molecule has 0 bridgehead atoms. The van der Waals surface area contributed by atoms with Crippen molar-refractivity contribution in [1.29, 1.82) is 0 Å². The fourth-order valence-corrected chi connectivity index (χ4v) is 3.10. The molecule has 0 amide bonds. The van der Waals surface area contributed by atoms with Gasteiger partial charge in [0, 0.05) is 16.5 Å². The quantitative estimate of drug-likeness (QED) is 0.461. The summed E-state index contributed by atoms with van der Waals surface area (Å²) in [4.78, 5) is 12.6. The van der Waals surface area contributed by atoms with E-state index in [1.54, 1.807) is 0 Å². The molecule has 4 rings (SSSR count). The van der Waals surface area contributed by atoms with E-state index in [0.29, 0.717) is 0 Å². The number of carbonyl (C=O) groups excluding carboxylic acids is 1. The summed E-state index contributed by atoms with van der Waals surface area (Å²) in [7, 11) is 0. The Hall–Kier alpha value is -2.35. The van der Waals surface area contributed by atoms with Gasteiger partial charge in [-0.2, -0.15) is 0 Å². The minimum Gasteiger partial charge on any atom is -0.275 e. The van der Waals surface area contributed by atoms with Crippen LogP contribution >= 0.6 is 0 Å². The number of aryl methyl sites for hydroxylation is 2. The van der Waals surface area contributed by atoms with Crippen LogP contribution in [0.5, 0.6) is 0 Å². The second-order valence-corrected chi connectivity index (χ2v) is 5.18. The number of aromatic nitrogens is 1. The predicted octanol–water partition coefficient (Wildman–Crippen LogP) is 3.93. The van der Waals surface area contributed by atoms with Gasteiger partial charge in [-0.05, 0) is 31.5 Å². The van der Waals surface area contributed by atoms with Crippen LogP contribution in [0.1, 0.15) is 21.5 Å². The second-order valence-electron chi connectivity index (χ2n) is 5.18. The maximum absolute atomic E-state index is 12.6. The van der Waals surface area contributed by atoms with E-state index in [0.717, 1.165) is 33.3 Å². The molecule has 0 saturated heterocycles. The number of rotatable bonds is 0. The average molecular weight is 247 g/mol. The van der Waals surface area contributed by atoms with Gasteiger partial charge in [0.25, 0.3) is 5.91 Å². The highest BCUT2D eigenvalue weighted by Gasteiger charge is 2.30. The summed E-state index contributed by atoms with van der Waals surface area (Å²) in [6, 6.07) is 14.2. The molecule has 2 nitrogen and oxygen atoms in total. The molecule has 0 radical (unpaired) electrons. The summed E-state index contributed by atoms with van der Waals surface area (Å²) >= 11 is 0. The largest absolute Gasteiger partial charge is 0.275 e. The fourth-order valence-electron chi connectivity index (χ4n) is 3.10. The first kappa shape index (κ1) is 10.6. The number of hydrogen-bond donors (Lipinski definition) is 0. The number of benzene rings is 2. The Morgan fingerprint density at radius 1 is 0.947 bits per heavy atom. The van der Waals surface area contributed by atoms with Crippen LogP contribution in [-0.2, 0) is 0 Å². The molecule has 19 heavy (non-hydrogen) atoms. The van der Waals surface area contributed by atoms with Gasteiger partial charge in [-0.25, -0.2) is 0 Å². The van der Waals surface area contributed by atoms with Crippen LogP contribution in [0.3, 0.4) is 0 Å². The molecule has 0 unspecified atom stereocenters. The van der Waals surface area contributed by atoms with E-state index in [-0.39, 0.29) is 5.91 Å². The molecule has 2 heteroatoms. The van der Waals surface area contributed by atoms with Crippen molar-refractivity contribution >= 4 is 16.8 Å². The molecule has 1 aliphatic heterocycles. The normalized spacial score (nSPS) is 12.8. The first-order chi connectivity index (χ1) is 9.18. The van der Waals surface area contributed by atoms with Crippen LogP contribution < -0.4 is 0 Å². The second kappa shape index (κ2) is 3.35. The van der Waals surface area contributed by atoms with E-state index in [2.05, 4.69) is 25.1 Å². The average Bonchev–Trinajstić information content (AvgIpc) is 2.87. The molecule has 3 aromatic rings. The zero-order chi connectivity index (χ0) is 13.1. The molecular formula is C17H13NO. The highest BCUT2D eigenvalue weighted by Crippen LogP contribution is 2.40. The van der Waals surface area contributed by atoms with Crippen LogP contribution in [-0.4, -0.2) is 10.5 Å². The van der Waals surface area contributed by atoms with Gasteiger partial charge < -0.3 is 0 Å². The smallest absolute Gasteiger partial charge is 0.263 e. The first-order valence-electron chi connectivity index (χ1n) is 6.44. The molecule has 92 valence electrons. The lowest BCUT2D eigenvalue weighted by Gasteiger charge is -2.00. The Bertz CT molecular complexity index is 855. The maximum Gasteiger partial charge on any atom is 0.263 e. The lowest BCUT2D eigenvalue weighted by Crippen LogP contribution is -2.05. The lowest BCUT2D eigenvalue weighted by molar-refractivity contribution is 0.0973. The highest BCUT2D eigenvalue weighted by atomic mass is 16.2. The van der Waals surface area contributed by atoms with Gasteiger partial charge in [0.1, 0.15) is 0 Å². The molecule has 0 saturated carbocycles. The Kier molecular flexibility index (Phi) is 1.86. The summed E-state index contributed by atoms with van der Waals surface area (Å²) in [6.07, 6.45) is 0.